The van der Waals surface area contributed by atoms with Crippen LogP contribution in [-0.4, -0.2) is 20.7 Å². The number of carbonyl (C=O) groups excluding carboxylic acids is 1. The Bertz CT molecular complexity index is 1180. The summed E-state index contributed by atoms with van der Waals surface area (Å²) in [5, 5.41) is 7.62. The fraction of sp³-hybridized carbons (Fsp3) is 0.190. The molecule has 142 valence electrons. The van der Waals surface area contributed by atoms with Gasteiger partial charge in [0.25, 0.3) is 5.91 Å². The Kier molecular flexibility index (Phi) is 4.65. The van der Waals surface area contributed by atoms with Crippen LogP contribution >= 0.6 is 11.6 Å². The zero-order valence-electron chi connectivity index (χ0n) is 15.8. The van der Waals surface area contributed by atoms with E-state index < -0.39 is 0 Å². The first-order chi connectivity index (χ1) is 13.4. The number of fused-ring (bicyclic) bond motifs is 1. The number of rotatable bonds is 4. The first kappa shape index (κ1) is 18.3. The molecule has 4 aromatic rings. The maximum Gasteiger partial charge on any atom is 0.260 e. The van der Waals surface area contributed by atoms with Crippen LogP contribution in [0.5, 0.6) is 0 Å². The van der Waals surface area contributed by atoms with Gasteiger partial charge in [0.1, 0.15) is 10.7 Å². The van der Waals surface area contributed by atoms with Gasteiger partial charge in [-0.15, -0.1) is 0 Å². The van der Waals surface area contributed by atoms with Crippen molar-refractivity contribution < 1.29 is 9.21 Å². The summed E-state index contributed by atoms with van der Waals surface area (Å²) >= 11 is 6.48. The van der Waals surface area contributed by atoms with Crippen molar-refractivity contribution in [3.63, 3.8) is 0 Å². The average molecular weight is 395 g/mol. The highest BCUT2D eigenvalue weighted by Crippen LogP contribution is 2.24. The smallest absolute Gasteiger partial charge is 0.260 e. The van der Waals surface area contributed by atoms with Gasteiger partial charge in [-0.2, -0.15) is 5.10 Å². The summed E-state index contributed by atoms with van der Waals surface area (Å²) < 4.78 is 7.10. The average Bonchev–Trinajstić information content (AvgIpc) is 3.15. The third kappa shape index (κ3) is 3.51. The zero-order valence-corrected chi connectivity index (χ0v) is 16.5. The summed E-state index contributed by atoms with van der Waals surface area (Å²) in [6.07, 6.45) is 0. The second-order valence-electron chi connectivity index (χ2n) is 6.76. The van der Waals surface area contributed by atoms with Crippen LogP contribution < -0.4 is 5.32 Å². The van der Waals surface area contributed by atoms with Crippen LogP contribution in [0.2, 0.25) is 5.15 Å². The molecule has 0 bridgehead atoms. The van der Waals surface area contributed by atoms with Crippen LogP contribution in [0.25, 0.3) is 11.1 Å². The van der Waals surface area contributed by atoms with Crippen LogP contribution in [0.3, 0.4) is 0 Å². The van der Waals surface area contributed by atoms with E-state index in [9.17, 15) is 4.79 Å². The third-order valence-electron chi connectivity index (χ3n) is 4.50. The lowest BCUT2D eigenvalue weighted by Crippen LogP contribution is -2.13. The number of aromatic nitrogens is 3. The molecule has 0 saturated carbocycles. The van der Waals surface area contributed by atoms with Crippen LogP contribution in [0.1, 0.15) is 33.1 Å². The molecule has 6 nitrogen and oxygen atoms in total. The zero-order chi connectivity index (χ0) is 19.8. The highest BCUT2D eigenvalue weighted by atomic mass is 35.5. The number of hydrogen-bond acceptors (Lipinski definition) is 4. The lowest BCUT2D eigenvalue weighted by atomic mass is 10.1. The molecule has 0 aliphatic carbocycles. The summed E-state index contributed by atoms with van der Waals surface area (Å²) in [5.74, 6) is 0.270. The molecule has 1 N–H and O–H groups in total. The van der Waals surface area contributed by atoms with Gasteiger partial charge in [0.05, 0.1) is 17.8 Å². The number of halogens is 1. The van der Waals surface area contributed by atoms with Crippen molar-refractivity contribution >= 4 is 34.3 Å². The molecule has 0 atom stereocenters. The lowest BCUT2D eigenvalue weighted by molar-refractivity contribution is 0.102. The van der Waals surface area contributed by atoms with Gasteiger partial charge in [-0.1, -0.05) is 41.4 Å². The predicted octanol–water partition coefficient (Wildman–Crippen LogP) is 4.90. The molecule has 7 heteroatoms. The van der Waals surface area contributed by atoms with E-state index in [2.05, 4.69) is 15.4 Å². The van der Waals surface area contributed by atoms with E-state index in [1.807, 2.05) is 31.2 Å². The first-order valence-electron chi connectivity index (χ1n) is 8.87. The highest BCUT2D eigenvalue weighted by molar-refractivity contribution is 6.33. The number of nitrogens with one attached hydrogen (secondary N) is 1. The summed E-state index contributed by atoms with van der Waals surface area (Å²) in [5.41, 5.74) is 5.18. The monoisotopic (exact) mass is 394 g/mol. The van der Waals surface area contributed by atoms with E-state index in [0.717, 1.165) is 5.56 Å². The van der Waals surface area contributed by atoms with E-state index in [4.69, 9.17) is 16.0 Å². The van der Waals surface area contributed by atoms with Crippen molar-refractivity contribution in [1.29, 1.82) is 0 Å². The Morgan fingerprint density at radius 1 is 1.14 bits per heavy atom. The molecule has 4 rings (SSSR count). The molecule has 2 aromatic carbocycles. The molecule has 2 heterocycles. The Hall–Kier alpha value is -3.12. The second kappa shape index (κ2) is 7.13. The van der Waals surface area contributed by atoms with E-state index in [1.165, 1.54) is 5.56 Å². The molecular formula is C21H19ClN4O2. The van der Waals surface area contributed by atoms with Crippen molar-refractivity contribution in [3.8, 4) is 0 Å². The Morgan fingerprint density at radius 2 is 1.89 bits per heavy atom. The normalized spacial score (nSPS) is 11.1. The number of amides is 1. The predicted molar refractivity (Wildman–Crippen MR) is 109 cm³/mol. The Labute approximate surface area is 167 Å². The van der Waals surface area contributed by atoms with Crippen molar-refractivity contribution in [2.45, 2.75) is 27.3 Å². The minimum Gasteiger partial charge on any atom is -0.441 e. The van der Waals surface area contributed by atoms with Gasteiger partial charge in [0.15, 0.2) is 11.5 Å². The third-order valence-corrected chi connectivity index (χ3v) is 4.88. The fourth-order valence-corrected chi connectivity index (χ4v) is 3.42. The summed E-state index contributed by atoms with van der Waals surface area (Å²) in [7, 11) is 0. The maximum atomic E-state index is 12.8. The minimum absolute atomic E-state index is 0.308. The summed E-state index contributed by atoms with van der Waals surface area (Å²) in [6, 6.07) is 13.4. The van der Waals surface area contributed by atoms with Crippen LogP contribution in [0.15, 0.2) is 46.9 Å². The molecule has 0 aliphatic rings. The number of hydrogen-bond donors (Lipinski definition) is 1. The molecule has 28 heavy (non-hydrogen) atoms. The number of benzene rings is 2. The van der Waals surface area contributed by atoms with Gasteiger partial charge in [0.2, 0.25) is 0 Å². The van der Waals surface area contributed by atoms with E-state index >= 15 is 0 Å². The number of nitrogens with zero attached hydrogens (tertiary/aromatic N) is 3. The van der Waals surface area contributed by atoms with Crippen LogP contribution in [0.4, 0.5) is 5.69 Å². The lowest BCUT2D eigenvalue weighted by Gasteiger charge is -2.06. The van der Waals surface area contributed by atoms with Gasteiger partial charge >= 0.3 is 0 Å². The summed E-state index contributed by atoms with van der Waals surface area (Å²) in [6.45, 7) is 6.09. The SMILES string of the molecule is Cc1ccc(Cn2nc(C)c(C(=O)Nc3ccc4oc(C)nc4c3)c2Cl)cc1. The summed E-state index contributed by atoms with van der Waals surface area (Å²) in [4.78, 5) is 17.1. The number of carbonyl (C=O) groups is 1. The van der Waals surface area contributed by atoms with Crippen molar-refractivity contribution in [1.82, 2.24) is 14.8 Å². The van der Waals surface area contributed by atoms with Gasteiger partial charge in [-0.05, 0) is 37.6 Å². The highest BCUT2D eigenvalue weighted by Gasteiger charge is 2.21. The van der Waals surface area contributed by atoms with E-state index in [1.54, 1.807) is 36.7 Å². The topological polar surface area (TPSA) is 73.0 Å². The molecule has 0 spiro atoms. The quantitative estimate of drug-likeness (QED) is 0.534. The van der Waals surface area contributed by atoms with Gasteiger partial charge in [-0.3, -0.25) is 4.79 Å². The van der Waals surface area contributed by atoms with Gasteiger partial charge in [-0.25, -0.2) is 9.67 Å². The first-order valence-corrected chi connectivity index (χ1v) is 9.25. The molecule has 0 saturated heterocycles. The van der Waals surface area contributed by atoms with Gasteiger partial charge in [0, 0.05) is 12.6 Å². The molecule has 0 aliphatic heterocycles. The molecular weight excluding hydrogens is 376 g/mol. The Balaban J connectivity index is 1.58. The maximum absolute atomic E-state index is 12.8. The molecule has 0 radical (unpaired) electrons. The van der Waals surface area contributed by atoms with E-state index in [0.29, 0.717) is 45.6 Å². The largest absolute Gasteiger partial charge is 0.441 e. The van der Waals surface area contributed by atoms with Crippen molar-refractivity contribution in [2.24, 2.45) is 0 Å². The molecule has 0 fully saturated rings. The van der Waals surface area contributed by atoms with Crippen molar-refractivity contribution in [3.05, 3.63) is 75.9 Å². The number of aryl methyl sites for hydroxylation is 3. The molecule has 0 unspecified atom stereocenters. The fourth-order valence-electron chi connectivity index (χ4n) is 3.10. The number of anilines is 1. The minimum atomic E-state index is -0.308. The van der Waals surface area contributed by atoms with Crippen molar-refractivity contribution in [2.75, 3.05) is 5.32 Å². The van der Waals surface area contributed by atoms with Crippen LogP contribution in [-0.2, 0) is 6.54 Å². The van der Waals surface area contributed by atoms with Crippen LogP contribution in [0, 0.1) is 20.8 Å². The van der Waals surface area contributed by atoms with Gasteiger partial charge < -0.3 is 9.73 Å². The van der Waals surface area contributed by atoms with E-state index in [-0.39, 0.29) is 5.91 Å². The number of oxazole rings is 1. The standard InChI is InChI=1S/C21H19ClN4O2/c1-12-4-6-15(7-5-12)11-26-20(22)19(13(2)25-26)21(27)24-16-8-9-18-17(10-16)23-14(3)28-18/h4-10H,11H2,1-3H3,(H,24,27). The Morgan fingerprint density at radius 3 is 2.64 bits per heavy atom. The molecule has 1 amide bonds. The second-order valence-corrected chi connectivity index (χ2v) is 7.12. The molecule has 2 aromatic heterocycles.